The van der Waals surface area contributed by atoms with Crippen LogP contribution in [0.25, 0.3) is 11.0 Å². The molecule has 0 amide bonds. The van der Waals surface area contributed by atoms with Crippen molar-refractivity contribution in [2.75, 3.05) is 6.54 Å². The van der Waals surface area contributed by atoms with E-state index in [-0.39, 0.29) is 11.0 Å². The quantitative estimate of drug-likeness (QED) is 0.737. The van der Waals surface area contributed by atoms with Crippen molar-refractivity contribution in [2.45, 2.75) is 52.6 Å². The molecule has 3 aromatic rings. The van der Waals surface area contributed by atoms with E-state index in [1.807, 2.05) is 18.2 Å². The van der Waals surface area contributed by atoms with Crippen molar-refractivity contribution in [3.63, 3.8) is 0 Å². The van der Waals surface area contributed by atoms with Crippen molar-refractivity contribution < 1.29 is 4.42 Å². The lowest BCUT2D eigenvalue weighted by Crippen LogP contribution is -2.36. The van der Waals surface area contributed by atoms with Gasteiger partial charge in [0.25, 0.3) is 5.56 Å². The van der Waals surface area contributed by atoms with Gasteiger partial charge in [0.15, 0.2) is 5.43 Å². The average molecular weight is 379 g/mol. The Hall–Kier alpha value is -2.73. The molecule has 2 aromatic heterocycles. The number of hydrogen-bond donors (Lipinski definition) is 1. The van der Waals surface area contributed by atoms with E-state index in [4.69, 9.17) is 4.42 Å². The average Bonchev–Trinajstić information content (AvgIpc) is 2.70. The monoisotopic (exact) mass is 379 g/mol. The highest BCUT2D eigenvalue weighted by Crippen LogP contribution is 2.18. The molecule has 0 saturated heterocycles. The molecule has 1 aliphatic heterocycles. The highest BCUT2D eigenvalue weighted by Gasteiger charge is 2.22. The Balaban J connectivity index is 1.60. The van der Waals surface area contributed by atoms with Gasteiger partial charge in [-0.3, -0.25) is 14.5 Å². The number of nitrogens with one attached hydrogen (secondary N) is 1. The lowest BCUT2D eigenvalue weighted by Gasteiger charge is -2.27. The maximum absolute atomic E-state index is 12.9. The number of rotatable bonds is 5. The molecule has 1 N–H and O–H groups in total. The number of aryl methyl sites for hydroxylation is 2. The second-order valence-corrected chi connectivity index (χ2v) is 7.42. The van der Waals surface area contributed by atoms with Crippen LogP contribution in [0.15, 0.2) is 38.5 Å². The van der Waals surface area contributed by atoms with E-state index in [0.717, 1.165) is 49.3 Å². The van der Waals surface area contributed by atoms with Crippen LogP contribution in [0.2, 0.25) is 0 Å². The standard InChI is InChI=1S/C22H25N3O3/c1-3-5-20-23-18-8-9-25(12-17(18)22(27)24-20)11-15-13-28-19-7-6-14(4-2)10-16(19)21(15)26/h6-7,10,13H,3-5,8-9,11-12H2,1-2H3,(H,23,24,27). The predicted octanol–water partition coefficient (Wildman–Crippen LogP) is 2.95. The Kier molecular flexibility index (Phi) is 5.13. The fraction of sp³-hybridized carbons (Fsp3) is 0.409. The van der Waals surface area contributed by atoms with E-state index in [1.165, 1.54) is 0 Å². The largest absolute Gasteiger partial charge is 0.464 e. The lowest BCUT2D eigenvalue weighted by atomic mass is 10.0. The van der Waals surface area contributed by atoms with Gasteiger partial charge in [0, 0.05) is 38.0 Å². The summed E-state index contributed by atoms with van der Waals surface area (Å²) in [6, 6.07) is 5.76. The van der Waals surface area contributed by atoms with Crippen molar-refractivity contribution in [3.8, 4) is 0 Å². The summed E-state index contributed by atoms with van der Waals surface area (Å²) in [7, 11) is 0. The maximum Gasteiger partial charge on any atom is 0.255 e. The first-order chi connectivity index (χ1) is 13.6. The maximum atomic E-state index is 12.9. The number of hydrogen-bond acceptors (Lipinski definition) is 5. The molecule has 0 unspecified atom stereocenters. The van der Waals surface area contributed by atoms with Gasteiger partial charge in [-0.25, -0.2) is 4.98 Å². The van der Waals surface area contributed by atoms with Gasteiger partial charge in [0.1, 0.15) is 11.4 Å². The van der Waals surface area contributed by atoms with E-state index < -0.39 is 0 Å². The van der Waals surface area contributed by atoms with Crippen LogP contribution < -0.4 is 11.0 Å². The highest BCUT2D eigenvalue weighted by molar-refractivity contribution is 5.77. The molecule has 3 heterocycles. The van der Waals surface area contributed by atoms with Crippen LogP contribution in [0.4, 0.5) is 0 Å². The van der Waals surface area contributed by atoms with E-state index in [1.54, 1.807) is 6.26 Å². The van der Waals surface area contributed by atoms with Crippen molar-refractivity contribution in [2.24, 2.45) is 0 Å². The minimum atomic E-state index is -0.0590. The molecule has 0 bridgehead atoms. The Labute approximate surface area is 163 Å². The van der Waals surface area contributed by atoms with Crippen LogP contribution in [0.1, 0.15) is 48.5 Å². The van der Waals surface area contributed by atoms with Crippen molar-refractivity contribution in [1.82, 2.24) is 14.9 Å². The Morgan fingerprint density at radius 2 is 2.11 bits per heavy atom. The SMILES string of the molecule is CCCc1nc2c(c(=O)[nH]1)CN(Cc1coc3ccc(CC)cc3c1=O)CC2. The van der Waals surface area contributed by atoms with Gasteiger partial charge in [-0.2, -0.15) is 0 Å². The summed E-state index contributed by atoms with van der Waals surface area (Å²) in [4.78, 5) is 35.0. The minimum absolute atomic E-state index is 0.00711. The molecule has 0 fully saturated rings. The summed E-state index contributed by atoms with van der Waals surface area (Å²) in [6.07, 6.45) is 4.88. The molecular formula is C22H25N3O3. The number of aromatic amines is 1. The van der Waals surface area contributed by atoms with Crippen molar-refractivity contribution in [1.29, 1.82) is 0 Å². The Morgan fingerprint density at radius 1 is 1.25 bits per heavy atom. The summed E-state index contributed by atoms with van der Waals surface area (Å²) in [6.45, 7) is 5.86. The van der Waals surface area contributed by atoms with E-state index >= 15 is 0 Å². The third-order valence-corrected chi connectivity index (χ3v) is 5.39. The summed E-state index contributed by atoms with van der Waals surface area (Å²) in [5.41, 5.74) is 3.90. The smallest absolute Gasteiger partial charge is 0.255 e. The van der Waals surface area contributed by atoms with Gasteiger partial charge in [0.2, 0.25) is 0 Å². The van der Waals surface area contributed by atoms with Gasteiger partial charge in [-0.1, -0.05) is 19.9 Å². The fourth-order valence-corrected chi connectivity index (χ4v) is 3.81. The van der Waals surface area contributed by atoms with Crippen molar-refractivity contribution in [3.05, 3.63) is 73.2 Å². The predicted molar refractivity (Wildman–Crippen MR) is 109 cm³/mol. The molecular weight excluding hydrogens is 354 g/mol. The first-order valence-corrected chi connectivity index (χ1v) is 9.95. The molecule has 0 spiro atoms. The third kappa shape index (κ3) is 3.52. The highest BCUT2D eigenvalue weighted by atomic mass is 16.3. The molecule has 28 heavy (non-hydrogen) atoms. The molecule has 0 saturated carbocycles. The molecule has 4 rings (SSSR count). The number of aromatic nitrogens is 2. The topological polar surface area (TPSA) is 79.2 Å². The number of nitrogens with zero attached hydrogens (tertiary/aromatic N) is 2. The molecule has 1 aliphatic rings. The van der Waals surface area contributed by atoms with E-state index in [2.05, 4.69) is 28.7 Å². The summed E-state index contributed by atoms with van der Waals surface area (Å²) in [5.74, 6) is 0.765. The van der Waals surface area contributed by atoms with Crippen molar-refractivity contribution >= 4 is 11.0 Å². The van der Waals surface area contributed by atoms with E-state index in [0.29, 0.717) is 35.2 Å². The number of H-pyrrole nitrogens is 1. The second-order valence-electron chi connectivity index (χ2n) is 7.42. The second kappa shape index (κ2) is 7.72. The van der Waals surface area contributed by atoms with Crippen LogP contribution in [-0.2, 0) is 32.4 Å². The lowest BCUT2D eigenvalue weighted by molar-refractivity contribution is 0.239. The molecule has 0 atom stereocenters. The van der Waals surface area contributed by atoms with Gasteiger partial charge in [-0.15, -0.1) is 0 Å². The Bertz CT molecular complexity index is 1130. The zero-order valence-electron chi connectivity index (χ0n) is 16.4. The van der Waals surface area contributed by atoms with Crippen LogP contribution >= 0.6 is 0 Å². The fourth-order valence-electron chi connectivity index (χ4n) is 3.81. The van der Waals surface area contributed by atoms with Gasteiger partial charge < -0.3 is 9.40 Å². The Morgan fingerprint density at radius 3 is 2.89 bits per heavy atom. The summed E-state index contributed by atoms with van der Waals surface area (Å²) < 4.78 is 5.69. The molecule has 1 aromatic carbocycles. The van der Waals surface area contributed by atoms with Crippen LogP contribution in [0.3, 0.4) is 0 Å². The molecule has 6 heteroatoms. The number of fused-ring (bicyclic) bond motifs is 2. The zero-order chi connectivity index (χ0) is 19.7. The first kappa shape index (κ1) is 18.6. The minimum Gasteiger partial charge on any atom is -0.464 e. The third-order valence-electron chi connectivity index (χ3n) is 5.39. The zero-order valence-corrected chi connectivity index (χ0v) is 16.4. The molecule has 0 radical (unpaired) electrons. The summed E-state index contributed by atoms with van der Waals surface area (Å²) >= 11 is 0. The van der Waals surface area contributed by atoms with Gasteiger partial charge in [-0.05, 0) is 30.5 Å². The summed E-state index contributed by atoms with van der Waals surface area (Å²) in [5, 5.41) is 0.623. The normalized spacial score (nSPS) is 14.4. The first-order valence-electron chi connectivity index (χ1n) is 9.95. The molecule has 6 nitrogen and oxygen atoms in total. The van der Waals surface area contributed by atoms with E-state index in [9.17, 15) is 9.59 Å². The van der Waals surface area contributed by atoms with Crippen LogP contribution in [-0.4, -0.2) is 21.4 Å². The van der Waals surface area contributed by atoms with Gasteiger partial charge in [0.05, 0.1) is 22.9 Å². The van der Waals surface area contributed by atoms with Crippen LogP contribution in [0.5, 0.6) is 0 Å². The molecule has 146 valence electrons. The van der Waals surface area contributed by atoms with Gasteiger partial charge >= 0.3 is 0 Å². The number of benzene rings is 1. The van der Waals surface area contributed by atoms with Crippen LogP contribution in [0, 0.1) is 0 Å². The molecule has 0 aliphatic carbocycles.